The van der Waals surface area contributed by atoms with Crippen molar-refractivity contribution >= 4 is 17.6 Å². The second kappa shape index (κ2) is 6.11. The molecule has 0 amide bonds. The van der Waals surface area contributed by atoms with Gasteiger partial charge in [-0.2, -0.15) is 0 Å². The molecule has 1 aromatic carbocycles. The van der Waals surface area contributed by atoms with Crippen LogP contribution in [-0.2, 0) is 6.54 Å². The largest absolute Gasteiger partial charge is 0.475 e. The summed E-state index contributed by atoms with van der Waals surface area (Å²) < 4.78 is 5.30. The molecule has 0 saturated carbocycles. The van der Waals surface area contributed by atoms with E-state index in [2.05, 4.69) is 5.32 Å². The topological polar surface area (TPSA) is 62.5 Å². The number of rotatable bonds is 5. The van der Waals surface area contributed by atoms with Gasteiger partial charge in [-0.25, -0.2) is 4.79 Å². The van der Waals surface area contributed by atoms with Crippen LogP contribution in [0.5, 0.6) is 0 Å². The summed E-state index contributed by atoms with van der Waals surface area (Å²) in [6.07, 6.45) is 0. The molecule has 1 atom stereocenters. The predicted molar refractivity (Wildman–Crippen MR) is 77.1 cm³/mol. The standard InChI is InChI=1S/C15H16ClNO3/c1-9-7-11(20-14(9)15(18)19)8-17-10(2)12-5-3-4-6-13(12)16/h3-7,10,17H,8H2,1-2H3,(H,18,19)/t10-/m1/s1. The summed E-state index contributed by atoms with van der Waals surface area (Å²) in [6, 6.07) is 9.38. The maximum atomic E-state index is 10.9. The van der Waals surface area contributed by atoms with Crippen LogP contribution in [0.3, 0.4) is 0 Å². The quantitative estimate of drug-likeness (QED) is 0.880. The van der Waals surface area contributed by atoms with Gasteiger partial charge in [0.25, 0.3) is 0 Å². The van der Waals surface area contributed by atoms with Crippen molar-refractivity contribution in [2.75, 3.05) is 0 Å². The summed E-state index contributed by atoms with van der Waals surface area (Å²) in [5, 5.41) is 12.9. The molecule has 0 unspecified atom stereocenters. The Kier molecular flexibility index (Phi) is 4.47. The third-order valence-corrected chi connectivity index (χ3v) is 3.46. The van der Waals surface area contributed by atoms with E-state index < -0.39 is 5.97 Å². The summed E-state index contributed by atoms with van der Waals surface area (Å²) in [5.41, 5.74) is 1.62. The number of carboxylic acid groups (broad SMARTS) is 1. The van der Waals surface area contributed by atoms with Gasteiger partial charge in [0.15, 0.2) is 0 Å². The first-order chi connectivity index (χ1) is 9.49. The molecule has 0 spiro atoms. The fourth-order valence-electron chi connectivity index (χ4n) is 2.04. The average molecular weight is 294 g/mol. The molecule has 0 aliphatic heterocycles. The monoisotopic (exact) mass is 293 g/mol. The fraction of sp³-hybridized carbons (Fsp3) is 0.267. The minimum Gasteiger partial charge on any atom is -0.475 e. The summed E-state index contributed by atoms with van der Waals surface area (Å²) in [5.74, 6) is -0.459. The molecule has 106 valence electrons. The molecule has 2 N–H and O–H groups in total. The normalized spacial score (nSPS) is 12.3. The zero-order valence-electron chi connectivity index (χ0n) is 11.3. The van der Waals surface area contributed by atoms with E-state index in [1.165, 1.54) is 0 Å². The Morgan fingerprint density at radius 3 is 2.75 bits per heavy atom. The van der Waals surface area contributed by atoms with Crippen LogP contribution in [0.15, 0.2) is 34.7 Å². The second-order valence-corrected chi connectivity index (χ2v) is 5.06. The molecular formula is C15H16ClNO3. The molecule has 2 rings (SSSR count). The van der Waals surface area contributed by atoms with Gasteiger partial charge in [-0.05, 0) is 31.5 Å². The molecule has 0 saturated heterocycles. The molecule has 0 aliphatic rings. The van der Waals surface area contributed by atoms with Crippen LogP contribution < -0.4 is 5.32 Å². The van der Waals surface area contributed by atoms with E-state index in [1.54, 1.807) is 13.0 Å². The van der Waals surface area contributed by atoms with Crippen molar-refractivity contribution in [1.82, 2.24) is 5.32 Å². The number of hydrogen-bond donors (Lipinski definition) is 2. The number of carbonyl (C=O) groups is 1. The van der Waals surface area contributed by atoms with Crippen LogP contribution >= 0.6 is 11.6 Å². The smallest absolute Gasteiger partial charge is 0.372 e. The lowest BCUT2D eigenvalue weighted by Crippen LogP contribution is -2.18. The third-order valence-electron chi connectivity index (χ3n) is 3.12. The molecule has 5 heteroatoms. The highest BCUT2D eigenvalue weighted by molar-refractivity contribution is 6.31. The number of nitrogens with one attached hydrogen (secondary N) is 1. The molecule has 0 aliphatic carbocycles. The molecule has 2 aromatic rings. The van der Waals surface area contributed by atoms with Crippen molar-refractivity contribution in [2.24, 2.45) is 0 Å². The van der Waals surface area contributed by atoms with E-state index in [-0.39, 0.29) is 11.8 Å². The van der Waals surface area contributed by atoms with Gasteiger partial charge in [0.05, 0.1) is 6.54 Å². The van der Waals surface area contributed by atoms with Gasteiger partial charge in [0.1, 0.15) is 5.76 Å². The minimum atomic E-state index is -1.05. The summed E-state index contributed by atoms with van der Waals surface area (Å²) in [6.45, 7) is 4.16. The Labute approximate surface area is 122 Å². The maximum Gasteiger partial charge on any atom is 0.372 e. The fourth-order valence-corrected chi connectivity index (χ4v) is 2.34. The first kappa shape index (κ1) is 14.6. The highest BCUT2D eigenvalue weighted by Crippen LogP contribution is 2.23. The zero-order valence-corrected chi connectivity index (χ0v) is 12.1. The number of halogens is 1. The van der Waals surface area contributed by atoms with Crippen LogP contribution in [-0.4, -0.2) is 11.1 Å². The van der Waals surface area contributed by atoms with E-state index in [0.29, 0.717) is 22.9 Å². The van der Waals surface area contributed by atoms with E-state index in [4.69, 9.17) is 21.1 Å². The number of carboxylic acids is 1. The van der Waals surface area contributed by atoms with Gasteiger partial charge in [-0.3, -0.25) is 0 Å². The predicted octanol–water partition coefficient (Wildman–Crippen LogP) is 3.79. The van der Waals surface area contributed by atoms with Gasteiger partial charge in [-0.1, -0.05) is 29.8 Å². The van der Waals surface area contributed by atoms with Crippen LogP contribution in [0.1, 0.15) is 40.4 Å². The number of benzene rings is 1. The van der Waals surface area contributed by atoms with Gasteiger partial charge >= 0.3 is 5.97 Å². The van der Waals surface area contributed by atoms with Crippen molar-refractivity contribution in [3.63, 3.8) is 0 Å². The Morgan fingerprint density at radius 2 is 2.15 bits per heavy atom. The Morgan fingerprint density at radius 1 is 1.45 bits per heavy atom. The summed E-state index contributed by atoms with van der Waals surface area (Å²) >= 11 is 6.13. The van der Waals surface area contributed by atoms with Crippen molar-refractivity contribution in [3.8, 4) is 0 Å². The first-order valence-corrected chi connectivity index (χ1v) is 6.67. The van der Waals surface area contributed by atoms with Gasteiger partial charge in [0.2, 0.25) is 5.76 Å². The lowest BCUT2D eigenvalue weighted by atomic mass is 10.1. The molecule has 0 bridgehead atoms. The van der Waals surface area contributed by atoms with Crippen molar-refractivity contribution in [1.29, 1.82) is 0 Å². The van der Waals surface area contributed by atoms with E-state index in [1.807, 2.05) is 31.2 Å². The zero-order chi connectivity index (χ0) is 14.7. The molecule has 0 fully saturated rings. The van der Waals surface area contributed by atoms with Crippen molar-refractivity contribution < 1.29 is 14.3 Å². The highest BCUT2D eigenvalue weighted by Gasteiger charge is 2.15. The number of aryl methyl sites for hydroxylation is 1. The van der Waals surface area contributed by atoms with Gasteiger partial charge in [-0.15, -0.1) is 0 Å². The Hall–Kier alpha value is -1.78. The lowest BCUT2D eigenvalue weighted by molar-refractivity contribution is 0.0659. The lowest BCUT2D eigenvalue weighted by Gasteiger charge is -2.14. The van der Waals surface area contributed by atoms with Crippen LogP contribution in [0, 0.1) is 6.92 Å². The number of aromatic carboxylic acids is 1. The average Bonchev–Trinajstić information content (AvgIpc) is 2.78. The third kappa shape index (κ3) is 3.21. The molecule has 0 radical (unpaired) electrons. The Balaban J connectivity index is 2.04. The highest BCUT2D eigenvalue weighted by atomic mass is 35.5. The maximum absolute atomic E-state index is 10.9. The van der Waals surface area contributed by atoms with Crippen LogP contribution in [0.2, 0.25) is 5.02 Å². The van der Waals surface area contributed by atoms with Gasteiger partial charge < -0.3 is 14.8 Å². The minimum absolute atomic E-state index is 0.00723. The SMILES string of the molecule is Cc1cc(CN[C@H](C)c2ccccc2Cl)oc1C(=O)O. The van der Waals surface area contributed by atoms with Crippen molar-refractivity contribution in [3.05, 3.63) is 58.0 Å². The van der Waals surface area contributed by atoms with Crippen LogP contribution in [0.25, 0.3) is 0 Å². The van der Waals surface area contributed by atoms with E-state index in [0.717, 1.165) is 5.56 Å². The van der Waals surface area contributed by atoms with Crippen molar-refractivity contribution in [2.45, 2.75) is 26.4 Å². The molecule has 20 heavy (non-hydrogen) atoms. The molecular weight excluding hydrogens is 278 g/mol. The second-order valence-electron chi connectivity index (χ2n) is 4.65. The molecule has 4 nitrogen and oxygen atoms in total. The van der Waals surface area contributed by atoms with E-state index >= 15 is 0 Å². The molecule has 1 aromatic heterocycles. The molecule has 1 heterocycles. The van der Waals surface area contributed by atoms with Crippen LogP contribution in [0.4, 0.5) is 0 Å². The number of furan rings is 1. The number of hydrogen-bond acceptors (Lipinski definition) is 3. The van der Waals surface area contributed by atoms with E-state index in [9.17, 15) is 4.79 Å². The Bertz CT molecular complexity index is 621. The summed E-state index contributed by atoms with van der Waals surface area (Å²) in [7, 11) is 0. The van der Waals surface area contributed by atoms with Gasteiger partial charge in [0, 0.05) is 16.6 Å². The summed E-state index contributed by atoms with van der Waals surface area (Å²) in [4.78, 5) is 10.9. The first-order valence-electron chi connectivity index (χ1n) is 6.29.